The molecule has 0 radical (unpaired) electrons. The van der Waals surface area contributed by atoms with Crippen molar-refractivity contribution in [1.82, 2.24) is 10.3 Å². The number of non-ortho nitro benzene ring substituents is 1. The fourth-order valence-corrected chi connectivity index (χ4v) is 3.00. The zero-order valence-corrected chi connectivity index (χ0v) is 12.8. The molecule has 0 saturated heterocycles. The molecule has 0 spiro atoms. The Kier molecular flexibility index (Phi) is 4.53. The van der Waals surface area contributed by atoms with E-state index in [2.05, 4.69) is 31.1 Å². The molecule has 0 aliphatic carbocycles. The summed E-state index contributed by atoms with van der Waals surface area (Å²) in [5.74, 6) is 0.680. The van der Waals surface area contributed by atoms with Crippen LogP contribution in [-0.4, -0.2) is 23.0 Å². The van der Waals surface area contributed by atoms with Gasteiger partial charge in [0.05, 0.1) is 4.92 Å². The molecule has 5 heteroatoms. The van der Waals surface area contributed by atoms with Gasteiger partial charge in [0.25, 0.3) is 5.69 Å². The van der Waals surface area contributed by atoms with Crippen LogP contribution in [0.5, 0.6) is 0 Å². The van der Waals surface area contributed by atoms with Gasteiger partial charge in [-0.05, 0) is 31.5 Å². The lowest BCUT2D eigenvalue weighted by Gasteiger charge is -2.28. The van der Waals surface area contributed by atoms with E-state index in [0.29, 0.717) is 11.4 Å². The standard InChI is InChI=1S/C16H21N3O2/c1-10(2)15(11(3)17-4)12-7-8-14(19(20)21)16-13(12)6-5-9-18-16/h5-11,15,17H,1-4H3. The van der Waals surface area contributed by atoms with Crippen LogP contribution in [0.1, 0.15) is 32.3 Å². The van der Waals surface area contributed by atoms with Crippen molar-refractivity contribution < 1.29 is 4.92 Å². The van der Waals surface area contributed by atoms with E-state index in [1.807, 2.05) is 25.2 Å². The molecule has 2 aromatic rings. The molecule has 0 bridgehead atoms. The average Bonchev–Trinajstić information content (AvgIpc) is 2.46. The highest BCUT2D eigenvalue weighted by atomic mass is 16.6. The van der Waals surface area contributed by atoms with Gasteiger partial charge < -0.3 is 5.32 Å². The minimum Gasteiger partial charge on any atom is -0.317 e. The van der Waals surface area contributed by atoms with Crippen LogP contribution >= 0.6 is 0 Å². The predicted molar refractivity (Wildman–Crippen MR) is 84.5 cm³/mol. The molecule has 0 saturated carbocycles. The Labute approximate surface area is 124 Å². The molecule has 0 aliphatic rings. The van der Waals surface area contributed by atoms with E-state index in [1.54, 1.807) is 12.3 Å². The van der Waals surface area contributed by atoms with Gasteiger partial charge in [0.15, 0.2) is 0 Å². The maximum Gasteiger partial charge on any atom is 0.295 e. The third-order valence-electron chi connectivity index (χ3n) is 4.05. The molecular weight excluding hydrogens is 266 g/mol. The van der Waals surface area contributed by atoms with E-state index in [4.69, 9.17) is 0 Å². The van der Waals surface area contributed by atoms with Crippen LogP contribution in [0.25, 0.3) is 10.9 Å². The second-order valence-electron chi connectivity index (χ2n) is 5.68. The number of hydrogen-bond donors (Lipinski definition) is 1. The number of likely N-dealkylation sites (N-methyl/N-ethyl adjacent to an activating group) is 1. The third-order valence-corrected chi connectivity index (χ3v) is 4.05. The van der Waals surface area contributed by atoms with Crippen molar-refractivity contribution in [2.45, 2.75) is 32.7 Å². The van der Waals surface area contributed by atoms with Crippen LogP contribution in [0, 0.1) is 16.0 Å². The summed E-state index contributed by atoms with van der Waals surface area (Å²) >= 11 is 0. The number of rotatable bonds is 5. The highest BCUT2D eigenvalue weighted by molar-refractivity contribution is 5.90. The maximum absolute atomic E-state index is 11.2. The minimum absolute atomic E-state index is 0.0639. The van der Waals surface area contributed by atoms with Crippen molar-refractivity contribution in [1.29, 1.82) is 0 Å². The number of pyridine rings is 1. The second-order valence-corrected chi connectivity index (χ2v) is 5.68. The summed E-state index contributed by atoms with van der Waals surface area (Å²) in [5.41, 5.74) is 1.64. The number of nitro benzene ring substituents is 1. The SMILES string of the molecule is CNC(C)C(c1ccc([N+](=O)[O-])c2ncccc12)C(C)C. The van der Waals surface area contributed by atoms with E-state index >= 15 is 0 Å². The number of benzene rings is 1. The minimum atomic E-state index is -0.370. The van der Waals surface area contributed by atoms with Crippen LogP contribution in [0.3, 0.4) is 0 Å². The molecule has 0 aliphatic heterocycles. The molecule has 2 unspecified atom stereocenters. The Morgan fingerprint density at radius 3 is 2.52 bits per heavy atom. The zero-order chi connectivity index (χ0) is 15.6. The number of hydrogen-bond acceptors (Lipinski definition) is 4. The highest BCUT2D eigenvalue weighted by Gasteiger charge is 2.26. The number of aromatic nitrogens is 1. The Bertz CT molecular complexity index is 655. The van der Waals surface area contributed by atoms with Gasteiger partial charge in [0.2, 0.25) is 0 Å². The highest BCUT2D eigenvalue weighted by Crippen LogP contribution is 2.35. The molecule has 0 amide bonds. The molecule has 1 aromatic carbocycles. The van der Waals surface area contributed by atoms with Crippen molar-refractivity contribution >= 4 is 16.6 Å². The van der Waals surface area contributed by atoms with Gasteiger partial charge in [0.1, 0.15) is 5.52 Å². The third kappa shape index (κ3) is 2.88. The normalized spacial score (nSPS) is 14.3. The van der Waals surface area contributed by atoms with Gasteiger partial charge in [-0.25, -0.2) is 4.98 Å². The molecular formula is C16H21N3O2. The fraction of sp³-hybridized carbons (Fsp3) is 0.438. The predicted octanol–water partition coefficient (Wildman–Crippen LogP) is 3.49. The first-order valence-corrected chi connectivity index (χ1v) is 7.16. The van der Waals surface area contributed by atoms with E-state index in [-0.39, 0.29) is 22.6 Å². The maximum atomic E-state index is 11.2. The van der Waals surface area contributed by atoms with Crippen LogP contribution in [0.15, 0.2) is 30.5 Å². The fourth-order valence-electron chi connectivity index (χ4n) is 3.00. The topological polar surface area (TPSA) is 68.1 Å². The summed E-state index contributed by atoms with van der Waals surface area (Å²) < 4.78 is 0. The van der Waals surface area contributed by atoms with Crippen molar-refractivity contribution in [2.24, 2.45) is 5.92 Å². The van der Waals surface area contributed by atoms with Gasteiger partial charge >= 0.3 is 0 Å². The van der Waals surface area contributed by atoms with Crippen LogP contribution in [-0.2, 0) is 0 Å². The summed E-state index contributed by atoms with van der Waals surface area (Å²) in [6.45, 7) is 6.47. The van der Waals surface area contributed by atoms with Crippen molar-refractivity contribution in [3.63, 3.8) is 0 Å². The summed E-state index contributed by atoms with van der Waals surface area (Å²) in [6, 6.07) is 7.47. The average molecular weight is 287 g/mol. The Balaban J connectivity index is 2.70. The lowest BCUT2D eigenvalue weighted by molar-refractivity contribution is -0.383. The van der Waals surface area contributed by atoms with Crippen molar-refractivity contribution in [3.8, 4) is 0 Å². The number of fused-ring (bicyclic) bond motifs is 1. The molecule has 0 fully saturated rings. The number of nitro groups is 1. The monoisotopic (exact) mass is 287 g/mol. The van der Waals surface area contributed by atoms with Crippen LogP contribution < -0.4 is 5.32 Å². The van der Waals surface area contributed by atoms with Crippen molar-refractivity contribution in [2.75, 3.05) is 7.05 Å². The molecule has 2 atom stereocenters. The lowest BCUT2D eigenvalue weighted by Crippen LogP contribution is -2.32. The molecule has 1 aromatic heterocycles. The summed E-state index contributed by atoms with van der Waals surface area (Å²) in [6.07, 6.45) is 1.60. The Morgan fingerprint density at radius 2 is 1.95 bits per heavy atom. The summed E-state index contributed by atoms with van der Waals surface area (Å²) in [7, 11) is 1.94. The summed E-state index contributed by atoms with van der Waals surface area (Å²) in [4.78, 5) is 15.0. The second kappa shape index (κ2) is 6.18. The van der Waals surface area contributed by atoms with E-state index < -0.39 is 0 Å². The van der Waals surface area contributed by atoms with E-state index in [9.17, 15) is 10.1 Å². The smallest absolute Gasteiger partial charge is 0.295 e. The summed E-state index contributed by atoms with van der Waals surface area (Å²) in [5, 5.41) is 15.3. The lowest BCUT2D eigenvalue weighted by atomic mass is 9.81. The molecule has 5 nitrogen and oxygen atoms in total. The molecule has 1 N–H and O–H groups in total. The van der Waals surface area contributed by atoms with E-state index in [0.717, 1.165) is 10.9 Å². The van der Waals surface area contributed by atoms with Gasteiger partial charge in [-0.2, -0.15) is 0 Å². The zero-order valence-electron chi connectivity index (χ0n) is 12.8. The first-order valence-electron chi connectivity index (χ1n) is 7.16. The Hall–Kier alpha value is -2.01. The van der Waals surface area contributed by atoms with Gasteiger partial charge in [-0.1, -0.05) is 26.0 Å². The van der Waals surface area contributed by atoms with Crippen LogP contribution in [0.4, 0.5) is 5.69 Å². The quantitative estimate of drug-likeness (QED) is 0.675. The molecule has 1 heterocycles. The van der Waals surface area contributed by atoms with Gasteiger partial charge in [-0.15, -0.1) is 0 Å². The number of nitrogens with one attached hydrogen (secondary N) is 1. The van der Waals surface area contributed by atoms with Gasteiger partial charge in [-0.3, -0.25) is 10.1 Å². The Morgan fingerprint density at radius 1 is 1.24 bits per heavy atom. The largest absolute Gasteiger partial charge is 0.317 e. The van der Waals surface area contributed by atoms with Crippen LogP contribution in [0.2, 0.25) is 0 Å². The molecule has 2 rings (SSSR count). The first-order chi connectivity index (χ1) is 9.97. The first kappa shape index (κ1) is 15.4. The molecule has 112 valence electrons. The van der Waals surface area contributed by atoms with E-state index in [1.165, 1.54) is 0 Å². The van der Waals surface area contributed by atoms with Crippen molar-refractivity contribution in [3.05, 3.63) is 46.1 Å². The van der Waals surface area contributed by atoms with Gasteiger partial charge in [0, 0.05) is 29.6 Å². The molecule has 21 heavy (non-hydrogen) atoms. The number of nitrogens with zero attached hydrogens (tertiary/aromatic N) is 2.